The van der Waals surface area contributed by atoms with Gasteiger partial charge in [-0.3, -0.25) is 0 Å². The number of nitrogens with zero attached hydrogens (tertiary/aromatic N) is 2. The van der Waals surface area contributed by atoms with Crippen LogP contribution >= 0.6 is 0 Å². The molecular weight excluding hydrogens is 512 g/mol. The lowest BCUT2D eigenvalue weighted by molar-refractivity contribution is 0.266. The quantitative estimate of drug-likeness (QED) is 0.153. The Kier molecular flexibility index (Phi) is 9.66. The Morgan fingerprint density at radius 3 is 1.74 bits per heavy atom. The lowest BCUT2D eigenvalue weighted by Crippen LogP contribution is -2.31. The van der Waals surface area contributed by atoms with Gasteiger partial charge in [-0.25, -0.2) is 0 Å². The number of aromatic nitrogens is 2. The number of unbranched alkanes of at least 4 members (excludes halogenated alkanes) is 2. The minimum atomic E-state index is 0.0523. The van der Waals surface area contributed by atoms with Crippen LogP contribution in [0.4, 0.5) is 0 Å². The third-order valence-electron chi connectivity index (χ3n) is 9.87. The highest BCUT2D eigenvalue weighted by atomic mass is 16.4. The SMILES string of the molecule is CCCCC(CC)CC1(CC(CC)CCCC)c2cc(C)ccc2-c2ccc(-c3ccc(-c4nnc(C)o4)cc3)cc21. The predicted molar refractivity (Wildman–Crippen MR) is 177 cm³/mol. The van der Waals surface area contributed by atoms with Crippen LogP contribution < -0.4 is 0 Å². The highest BCUT2D eigenvalue weighted by Gasteiger charge is 2.45. The topological polar surface area (TPSA) is 38.9 Å². The molecule has 2 atom stereocenters. The number of aryl methyl sites for hydroxylation is 2. The first-order chi connectivity index (χ1) is 20.4. The van der Waals surface area contributed by atoms with Gasteiger partial charge in [-0.2, -0.15) is 0 Å². The minimum absolute atomic E-state index is 0.0523. The number of hydrogen-bond acceptors (Lipinski definition) is 3. The van der Waals surface area contributed by atoms with Gasteiger partial charge < -0.3 is 4.42 Å². The second-order valence-electron chi connectivity index (χ2n) is 12.8. The fourth-order valence-electron chi connectivity index (χ4n) is 7.40. The molecule has 2 unspecified atom stereocenters. The van der Waals surface area contributed by atoms with Crippen molar-refractivity contribution in [2.75, 3.05) is 0 Å². The molecule has 3 aromatic carbocycles. The van der Waals surface area contributed by atoms with Gasteiger partial charge in [0.1, 0.15) is 0 Å². The zero-order chi connectivity index (χ0) is 29.7. The van der Waals surface area contributed by atoms with Crippen LogP contribution in [-0.2, 0) is 5.41 Å². The molecule has 0 bridgehead atoms. The summed E-state index contributed by atoms with van der Waals surface area (Å²) in [5.41, 5.74) is 11.0. The molecule has 1 aliphatic carbocycles. The highest BCUT2D eigenvalue weighted by Crippen LogP contribution is 2.57. The van der Waals surface area contributed by atoms with Gasteiger partial charge in [0.2, 0.25) is 11.8 Å². The molecule has 3 nitrogen and oxygen atoms in total. The number of benzene rings is 3. The van der Waals surface area contributed by atoms with Crippen LogP contribution in [-0.4, -0.2) is 10.2 Å². The summed E-state index contributed by atoms with van der Waals surface area (Å²) in [4.78, 5) is 0. The molecule has 0 spiro atoms. The van der Waals surface area contributed by atoms with Crippen LogP contribution in [0.15, 0.2) is 65.1 Å². The molecule has 3 heteroatoms. The van der Waals surface area contributed by atoms with Crippen LogP contribution in [0.5, 0.6) is 0 Å². The summed E-state index contributed by atoms with van der Waals surface area (Å²) in [7, 11) is 0. The van der Waals surface area contributed by atoms with E-state index >= 15 is 0 Å². The smallest absolute Gasteiger partial charge is 0.247 e. The van der Waals surface area contributed by atoms with Crippen molar-refractivity contribution in [3.05, 3.63) is 83.2 Å². The van der Waals surface area contributed by atoms with Crippen molar-refractivity contribution in [2.24, 2.45) is 11.8 Å². The van der Waals surface area contributed by atoms with Gasteiger partial charge in [0, 0.05) is 17.9 Å². The van der Waals surface area contributed by atoms with E-state index in [-0.39, 0.29) is 5.41 Å². The molecule has 1 heterocycles. The van der Waals surface area contributed by atoms with Crippen LogP contribution in [0.3, 0.4) is 0 Å². The zero-order valence-corrected chi connectivity index (χ0v) is 26.8. The summed E-state index contributed by atoms with van der Waals surface area (Å²) < 4.78 is 5.68. The van der Waals surface area contributed by atoms with Gasteiger partial charge in [0.15, 0.2) is 0 Å². The van der Waals surface area contributed by atoms with Crippen LogP contribution in [0.25, 0.3) is 33.7 Å². The molecule has 0 radical (unpaired) electrons. The zero-order valence-electron chi connectivity index (χ0n) is 26.8. The van der Waals surface area contributed by atoms with Gasteiger partial charge in [0.05, 0.1) is 0 Å². The highest BCUT2D eigenvalue weighted by molar-refractivity contribution is 5.84. The summed E-state index contributed by atoms with van der Waals surface area (Å²) >= 11 is 0. The van der Waals surface area contributed by atoms with E-state index in [1.165, 1.54) is 92.0 Å². The second-order valence-corrected chi connectivity index (χ2v) is 12.8. The molecule has 0 saturated carbocycles. The summed E-state index contributed by atoms with van der Waals surface area (Å²) in [6.45, 7) is 13.6. The molecule has 1 aliphatic rings. The van der Waals surface area contributed by atoms with E-state index in [2.05, 4.69) is 105 Å². The van der Waals surface area contributed by atoms with E-state index in [9.17, 15) is 0 Å². The van der Waals surface area contributed by atoms with Gasteiger partial charge >= 0.3 is 0 Å². The molecule has 42 heavy (non-hydrogen) atoms. The molecule has 0 saturated heterocycles. The van der Waals surface area contributed by atoms with Gasteiger partial charge in [0.25, 0.3) is 0 Å². The molecule has 222 valence electrons. The van der Waals surface area contributed by atoms with E-state index in [0.717, 1.165) is 17.4 Å². The molecule has 0 fully saturated rings. The van der Waals surface area contributed by atoms with Crippen molar-refractivity contribution in [3.8, 4) is 33.7 Å². The third kappa shape index (κ3) is 6.12. The molecule has 0 N–H and O–H groups in total. The molecular formula is C39H50N2O. The first-order valence-electron chi connectivity index (χ1n) is 16.6. The second kappa shape index (κ2) is 13.4. The first kappa shape index (κ1) is 30.3. The van der Waals surface area contributed by atoms with Crippen LogP contribution in [0.2, 0.25) is 0 Å². The standard InChI is InChI=1S/C39H50N2O/c1-7-11-13-29(9-3)25-39(26-30(10-4)14-12-8-2)36-23-27(5)15-21-34(36)35-22-20-33(24-37(35)39)31-16-18-32(19-17-31)38-41-40-28(6)42-38/h15-24,29-30H,7-14,25-26H2,1-6H3. The summed E-state index contributed by atoms with van der Waals surface area (Å²) in [5.74, 6) is 2.63. The Morgan fingerprint density at radius 2 is 1.19 bits per heavy atom. The lowest BCUT2D eigenvalue weighted by atomic mass is 9.65. The van der Waals surface area contributed by atoms with E-state index in [0.29, 0.717) is 11.8 Å². The molecule has 5 rings (SSSR count). The van der Waals surface area contributed by atoms with E-state index in [1.54, 1.807) is 11.1 Å². The maximum absolute atomic E-state index is 5.68. The fraction of sp³-hybridized carbons (Fsp3) is 0.487. The van der Waals surface area contributed by atoms with Gasteiger partial charge in [-0.05, 0) is 83.2 Å². The Labute approximate surface area is 254 Å². The first-order valence-corrected chi connectivity index (χ1v) is 16.6. The average molecular weight is 563 g/mol. The van der Waals surface area contributed by atoms with E-state index < -0.39 is 0 Å². The summed E-state index contributed by atoms with van der Waals surface area (Å²) in [6.07, 6.45) is 12.8. The molecule has 0 amide bonds. The Hall–Kier alpha value is -3.20. The Bertz CT molecular complexity index is 1450. The number of hydrogen-bond donors (Lipinski definition) is 0. The maximum atomic E-state index is 5.68. The minimum Gasteiger partial charge on any atom is -0.421 e. The Balaban J connectivity index is 1.63. The monoisotopic (exact) mass is 562 g/mol. The van der Waals surface area contributed by atoms with Gasteiger partial charge in [-0.15, -0.1) is 10.2 Å². The predicted octanol–water partition coefficient (Wildman–Crippen LogP) is 11.5. The average Bonchev–Trinajstić information content (AvgIpc) is 3.56. The van der Waals surface area contributed by atoms with Crippen molar-refractivity contribution in [1.29, 1.82) is 0 Å². The number of rotatable bonds is 14. The third-order valence-corrected chi connectivity index (χ3v) is 9.87. The van der Waals surface area contributed by atoms with Crippen LogP contribution in [0, 0.1) is 25.7 Å². The number of fused-ring (bicyclic) bond motifs is 3. The van der Waals surface area contributed by atoms with Crippen LogP contribution in [0.1, 0.15) is 114 Å². The van der Waals surface area contributed by atoms with Gasteiger partial charge in [-0.1, -0.05) is 127 Å². The van der Waals surface area contributed by atoms with Crippen molar-refractivity contribution >= 4 is 0 Å². The normalized spacial score (nSPS) is 17.2. The van der Waals surface area contributed by atoms with E-state index in [1.807, 2.05) is 6.92 Å². The maximum Gasteiger partial charge on any atom is 0.247 e. The molecule has 4 aromatic rings. The largest absolute Gasteiger partial charge is 0.421 e. The van der Waals surface area contributed by atoms with Crippen molar-refractivity contribution in [2.45, 2.75) is 111 Å². The Morgan fingerprint density at radius 1 is 0.643 bits per heavy atom. The van der Waals surface area contributed by atoms with Crippen molar-refractivity contribution in [3.63, 3.8) is 0 Å². The van der Waals surface area contributed by atoms with Crippen molar-refractivity contribution < 1.29 is 4.42 Å². The van der Waals surface area contributed by atoms with Crippen molar-refractivity contribution in [1.82, 2.24) is 10.2 Å². The summed E-state index contributed by atoms with van der Waals surface area (Å²) in [6, 6.07) is 23.2. The van der Waals surface area contributed by atoms with E-state index in [4.69, 9.17) is 4.42 Å². The lowest BCUT2D eigenvalue weighted by Gasteiger charge is -2.39. The fourth-order valence-corrected chi connectivity index (χ4v) is 7.40. The summed E-state index contributed by atoms with van der Waals surface area (Å²) in [5, 5.41) is 8.22. The molecule has 1 aromatic heterocycles. The molecule has 0 aliphatic heterocycles.